The first-order chi connectivity index (χ1) is 9.52. The van der Waals surface area contributed by atoms with Gasteiger partial charge in [-0.2, -0.15) is 0 Å². The van der Waals surface area contributed by atoms with Crippen molar-refractivity contribution in [3.63, 3.8) is 0 Å². The fraction of sp³-hybridized carbons (Fsp3) is 0.769. The SMILES string of the molecule is CCCCNC(=O)NC(=O)C[NH+]1CCN(C(C)=O)CC1. The van der Waals surface area contributed by atoms with Crippen LogP contribution in [0.15, 0.2) is 0 Å². The molecule has 0 bridgehead atoms. The molecular formula is C13H25N4O3+. The van der Waals surface area contributed by atoms with E-state index in [1.54, 1.807) is 11.8 Å². The van der Waals surface area contributed by atoms with Crippen LogP contribution >= 0.6 is 0 Å². The van der Waals surface area contributed by atoms with Gasteiger partial charge in [0.05, 0.1) is 26.2 Å². The highest BCUT2D eigenvalue weighted by molar-refractivity contribution is 5.94. The van der Waals surface area contributed by atoms with Gasteiger partial charge < -0.3 is 15.1 Å². The van der Waals surface area contributed by atoms with Crippen molar-refractivity contribution in [2.45, 2.75) is 26.7 Å². The molecular weight excluding hydrogens is 260 g/mol. The second-order valence-corrected chi connectivity index (χ2v) is 5.09. The molecule has 3 N–H and O–H groups in total. The van der Waals surface area contributed by atoms with E-state index in [1.165, 1.54) is 0 Å². The molecule has 0 spiro atoms. The second kappa shape index (κ2) is 8.52. The van der Waals surface area contributed by atoms with Gasteiger partial charge in [0.2, 0.25) is 5.91 Å². The number of unbranched alkanes of at least 4 members (excludes halogenated alkanes) is 1. The quantitative estimate of drug-likeness (QED) is 0.530. The second-order valence-electron chi connectivity index (χ2n) is 5.09. The van der Waals surface area contributed by atoms with Gasteiger partial charge in [0.1, 0.15) is 0 Å². The van der Waals surface area contributed by atoms with Crippen LogP contribution in [0.3, 0.4) is 0 Å². The third kappa shape index (κ3) is 6.01. The molecule has 0 aliphatic carbocycles. The Morgan fingerprint density at radius 3 is 2.40 bits per heavy atom. The van der Waals surface area contributed by atoms with Gasteiger partial charge >= 0.3 is 6.03 Å². The first kappa shape index (κ1) is 16.4. The Labute approximate surface area is 119 Å². The van der Waals surface area contributed by atoms with Gasteiger partial charge in [0.15, 0.2) is 6.54 Å². The predicted molar refractivity (Wildman–Crippen MR) is 74.3 cm³/mol. The van der Waals surface area contributed by atoms with Crippen LogP contribution < -0.4 is 15.5 Å². The van der Waals surface area contributed by atoms with E-state index < -0.39 is 6.03 Å². The molecule has 0 radical (unpaired) electrons. The summed E-state index contributed by atoms with van der Waals surface area (Å²) < 4.78 is 0. The van der Waals surface area contributed by atoms with Crippen LogP contribution in [-0.4, -0.2) is 62.0 Å². The standard InChI is InChI=1S/C13H24N4O3/c1-3-4-5-14-13(20)15-12(19)10-16-6-8-17(9-7-16)11(2)18/h3-10H2,1-2H3,(H2,14,15,19,20)/p+1. The minimum Gasteiger partial charge on any atom is -0.338 e. The summed E-state index contributed by atoms with van der Waals surface area (Å²) in [6, 6.07) is -0.426. The number of hydrogen-bond donors (Lipinski definition) is 3. The number of urea groups is 1. The topological polar surface area (TPSA) is 82.9 Å². The lowest BCUT2D eigenvalue weighted by Gasteiger charge is -2.31. The fourth-order valence-corrected chi connectivity index (χ4v) is 2.14. The fourth-order valence-electron chi connectivity index (χ4n) is 2.14. The van der Waals surface area contributed by atoms with Crippen molar-refractivity contribution in [3.8, 4) is 0 Å². The van der Waals surface area contributed by atoms with E-state index >= 15 is 0 Å². The molecule has 20 heavy (non-hydrogen) atoms. The normalized spacial score (nSPS) is 15.8. The van der Waals surface area contributed by atoms with Gasteiger partial charge in [-0.25, -0.2) is 4.79 Å². The zero-order valence-corrected chi connectivity index (χ0v) is 12.3. The predicted octanol–water partition coefficient (Wildman–Crippen LogP) is -1.64. The minimum atomic E-state index is -0.426. The molecule has 0 aromatic carbocycles. The first-order valence-electron chi connectivity index (χ1n) is 7.19. The Morgan fingerprint density at radius 2 is 1.85 bits per heavy atom. The largest absolute Gasteiger partial charge is 0.338 e. The summed E-state index contributed by atoms with van der Waals surface area (Å²) >= 11 is 0. The number of nitrogens with zero attached hydrogens (tertiary/aromatic N) is 1. The summed E-state index contributed by atoms with van der Waals surface area (Å²) in [5.41, 5.74) is 0. The highest BCUT2D eigenvalue weighted by Crippen LogP contribution is 1.89. The lowest BCUT2D eigenvalue weighted by molar-refractivity contribution is -0.896. The van der Waals surface area contributed by atoms with Gasteiger partial charge in [0, 0.05) is 13.5 Å². The van der Waals surface area contributed by atoms with Gasteiger partial charge in [-0.15, -0.1) is 0 Å². The number of nitrogens with one attached hydrogen (secondary N) is 3. The van der Waals surface area contributed by atoms with Crippen molar-refractivity contribution < 1.29 is 19.3 Å². The molecule has 1 saturated heterocycles. The lowest BCUT2D eigenvalue weighted by Crippen LogP contribution is -3.15. The third-order valence-electron chi connectivity index (χ3n) is 3.40. The van der Waals surface area contributed by atoms with Crippen LogP contribution in [0.25, 0.3) is 0 Å². The van der Waals surface area contributed by atoms with E-state index in [0.717, 1.165) is 30.8 Å². The maximum atomic E-state index is 11.7. The number of piperazine rings is 1. The van der Waals surface area contributed by atoms with Gasteiger partial charge in [-0.3, -0.25) is 14.9 Å². The molecule has 0 unspecified atom stereocenters. The number of quaternary nitrogens is 1. The Balaban J connectivity index is 2.20. The summed E-state index contributed by atoms with van der Waals surface area (Å²) in [6.45, 7) is 7.26. The Hall–Kier alpha value is -1.63. The van der Waals surface area contributed by atoms with Gasteiger partial charge in [-0.1, -0.05) is 13.3 Å². The van der Waals surface area contributed by atoms with Crippen molar-refractivity contribution in [2.75, 3.05) is 39.3 Å². The van der Waals surface area contributed by atoms with Crippen LogP contribution in [-0.2, 0) is 9.59 Å². The van der Waals surface area contributed by atoms with Gasteiger partial charge in [0.25, 0.3) is 5.91 Å². The summed E-state index contributed by atoms with van der Waals surface area (Å²) in [5, 5.41) is 4.97. The number of carbonyl (C=O) groups is 3. The van der Waals surface area contributed by atoms with Crippen molar-refractivity contribution in [3.05, 3.63) is 0 Å². The lowest BCUT2D eigenvalue weighted by atomic mass is 10.3. The Morgan fingerprint density at radius 1 is 1.20 bits per heavy atom. The maximum Gasteiger partial charge on any atom is 0.321 e. The van der Waals surface area contributed by atoms with Crippen LogP contribution in [0.1, 0.15) is 26.7 Å². The number of hydrogen-bond acceptors (Lipinski definition) is 3. The third-order valence-corrected chi connectivity index (χ3v) is 3.40. The summed E-state index contributed by atoms with van der Waals surface area (Å²) in [7, 11) is 0. The van der Waals surface area contributed by atoms with Crippen LogP contribution in [0, 0.1) is 0 Å². The maximum absolute atomic E-state index is 11.7. The molecule has 7 nitrogen and oxygen atoms in total. The van der Waals surface area contributed by atoms with E-state index in [2.05, 4.69) is 10.6 Å². The number of amides is 4. The van der Waals surface area contributed by atoms with E-state index in [0.29, 0.717) is 19.6 Å². The van der Waals surface area contributed by atoms with Crippen molar-refractivity contribution in [1.29, 1.82) is 0 Å². The van der Waals surface area contributed by atoms with Crippen molar-refractivity contribution in [2.24, 2.45) is 0 Å². The van der Waals surface area contributed by atoms with Crippen molar-refractivity contribution in [1.82, 2.24) is 15.5 Å². The summed E-state index contributed by atoms with van der Waals surface area (Å²) in [5.74, 6) is -0.200. The van der Waals surface area contributed by atoms with Gasteiger partial charge in [-0.05, 0) is 6.42 Å². The molecule has 0 aromatic heterocycles. The molecule has 1 heterocycles. The summed E-state index contributed by atoms with van der Waals surface area (Å²) in [6.07, 6.45) is 1.90. The molecule has 1 rings (SSSR count). The smallest absolute Gasteiger partial charge is 0.321 e. The average Bonchev–Trinajstić information content (AvgIpc) is 2.39. The monoisotopic (exact) mass is 285 g/mol. The number of rotatable bonds is 5. The van der Waals surface area contributed by atoms with E-state index in [-0.39, 0.29) is 18.4 Å². The Kier molecular flexibility index (Phi) is 7.00. The van der Waals surface area contributed by atoms with E-state index in [1.807, 2.05) is 6.92 Å². The highest BCUT2D eigenvalue weighted by Gasteiger charge is 2.23. The number of imide groups is 1. The molecule has 7 heteroatoms. The van der Waals surface area contributed by atoms with Crippen LogP contribution in [0.4, 0.5) is 4.79 Å². The molecule has 4 amide bonds. The van der Waals surface area contributed by atoms with Crippen molar-refractivity contribution >= 4 is 17.8 Å². The zero-order valence-electron chi connectivity index (χ0n) is 12.3. The molecule has 0 atom stereocenters. The molecule has 114 valence electrons. The molecule has 0 aromatic rings. The van der Waals surface area contributed by atoms with Crippen LogP contribution in [0.5, 0.6) is 0 Å². The molecule has 1 fully saturated rings. The summed E-state index contributed by atoms with van der Waals surface area (Å²) in [4.78, 5) is 37.2. The molecule has 1 aliphatic rings. The van der Waals surface area contributed by atoms with E-state index in [9.17, 15) is 14.4 Å². The van der Waals surface area contributed by atoms with Crippen LogP contribution in [0.2, 0.25) is 0 Å². The minimum absolute atomic E-state index is 0.0730. The zero-order chi connectivity index (χ0) is 15.0. The molecule has 0 saturated carbocycles. The Bertz CT molecular complexity index is 352. The highest BCUT2D eigenvalue weighted by atomic mass is 16.2. The number of carbonyl (C=O) groups excluding carboxylic acids is 3. The first-order valence-corrected chi connectivity index (χ1v) is 7.19. The average molecular weight is 285 g/mol. The van der Waals surface area contributed by atoms with E-state index in [4.69, 9.17) is 0 Å². The molecule has 1 aliphatic heterocycles.